The molecule has 1 rings (SSSR count). The van der Waals surface area contributed by atoms with Crippen LogP contribution in [0.5, 0.6) is 0 Å². The van der Waals surface area contributed by atoms with Gasteiger partial charge in [0.15, 0.2) is 5.69 Å². The molecular weight excluding hydrogens is 250 g/mol. The number of amides is 1. The van der Waals surface area contributed by atoms with Crippen LogP contribution in [-0.4, -0.2) is 27.8 Å². The average Bonchev–Trinajstić information content (AvgIpc) is 2.23. The lowest BCUT2D eigenvalue weighted by Crippen LogP contribution is -2.32. The summed E-state index contributed by atoms with van der Waals surface area (Å²) in [7, 11) is 0. The molecule has 1 heterocycles. The van der Waals surface area contributed by atoms with Crippen LogP contribution in [0.4, 0.5) is 10.5 Å². The molecule has 7 heteroatoms. The first-order chi connectivity index (χ1) is 8.69. The maximum Gasteiger partial charge on any atom is 0.407 e. The number of hydrogen-bond acceptors (Lipinski definition) is 5. The minimum absolute atomic E-state index is 0.0518. The Kier molecular flexibility index (Phi) is 4.31. The van der Waals surface area contributed by atoms with Gasteiger partial charge in [-0.25, -0.2) is 14.6 Å². The average molecular weight is 267 g/mol. The van der Waals surface area contributed by atoms with Crippen molar-refractivity contribution in [1.29, 1.82) is 0 Å². The number of alkyl carbamates (subject to hydrolysis) is 1. The lowest BCUT2D eigenvalue weighted by molar-refractivity contribution is 0.0522. The van der Waals surface area contributed by atoms with Gasteiger partial charge in [0, 0.05) is 12.7 Å². The van der Waals surface area contributed by atoms with Crippen LogP contribution in [0.1, 0.15) is 36.8 Å². The maximum atomic E-state index is 11.4. The number of nitrogens with one attached hydrogen (secondary N) is 1. The highest BCUT2D eigenvalue weighted by molar-refractivity contribution is 5.91. The summed E-state index contributed by atoms with van der Waals surface area (Å²) < 4.78 is 5.06. The van der Waals surface area contributed by atoms with Crippen molar-refractivity contribution in [2.45, 2.75) is 32.9 Å². The molecule has 1 amide bonds. The fourth-order valence-corrected chi connectivity index (χ4v) is 1.29. The van der Waals surface area contributed by atoms with Crippen LogP contribution >= 0.6 is 0 Å². The Morgan fingerprint density at radius 3 is 2.58 bits per heavy atom. The third kappa shape index (κ3) is 4.82. The second-order valence-corrected chi connectivity index (χ2v) is 4.94. The Balaban J connectivity index is 2.62. The minimum Gasteiger partial charge on any atom is -0.476 e. The number of nitrogens with zero attached hydrogens (tertiary/aromatic N) is 1. The number of ether oxygens (including phenoxy) is 1. The van der Waals surface area contributed by atoms with Gasteiger partial charge in [0.05, 0.1) is 5.69 Å². The zero-order chi connectivity index (χ0) is 14.6. The van der Waals surface area contributed by atoms with Crippen LogP contribution in [0.3, 0.4) is 0 Å². The van der Waals surface area contributed by atoms with Gasteiger partial charge >= 0.3 is 12.1 Å². The van der Waals surface area contributed by atoms with Crippen LogP contribution in [-0.2, 0) is 11.3 Å². The number of hydrogen-bond donors (Lipinski definition) is 3. The fraction of sp³-hybridized carbons (Fsp3) is 0.417. The molecule has 1 aromatic rings. The molecule has 4 N–H and O–H groups in total. The summed E-state index contributed by atoms with van der Waals surface area (Å²) >= 11 is 0. The number of carbonyl (C=O) groups excluding carboxylic acids is 1. The first-order valence-corrected chi connectivity index (χ1v) is 5.63. The summed E-state index contributed by atoms with van der Waals surface area (Å²) in [5, 5.41) is 11.3. The van der Waals surface area contributed by atoms with Gasteiger partial charge in [-0.2, -0.15) is 0 Å². The van der Waals surface area contributed by atoms with Gasteiger partial charge in [0.25, 0.3) is 0 Å². The molecule has 0 saturated heterocycles. The van der Waals surface area contributed by atoms with E-state index >= 15 is 0 Å². The number of rotatable bonds is 3. The minimum atomic E-state index is -1.19. The number of carbonyl (C=O) groups is 2. The SMILES string of the molecule is CC(C)(C)OC(=O)NCc1cnc(C(=O)O)c(N)c1. The van der Waals surface area contributed by atoms with Gasteiger partial charge in [-0.05, 0) is 32.4 Å². The van der Waals surface area contributed by atoms with Gasteiger partial charge in [0.2, 0.25) is 0 Å². The molecule has 0 aliphatic rings. The summed E-state index contributed by atoms with van der Waals surface area (Å²) in [6.07, 6.45) is 0.783. The van der Waals surface area contributed by atoms with Gasteiger partial charge in [-0.15, -0.1) is 0 Å². The second-order valence-electron chi connectivity index (χ2n) is 4.94. The third-order valence-corrected chi connectivity index (χ3v) is 2.01. The largest absolute Gasteiger partial charge is 0.476 e. The van der Waals surface area contributed by atoms with E-state index in [4.69, 9.17) is 15.6 Å². The number of carboxylic acids is 1. The highest BCUT2D eigenvalue weighted by Gasteiger charge is 2.16. The Hall–Kier alpha value is -2.31. The standard InChI is InChI=1S/C12H17N3O4/c1-12(2,3)19-11(18)15-6-7-4-8(13)9(10(16)17)14-5-7/h4-5H,6,13H2,1-3H3,(H,15,18)(H,16,17). The molecule has 0 aliphatic heterocycles. The molecule has 0 aromatic carbocycles. The summed E-state index contributed by atoms with van der Waals surface area (Å²) in [4.78, 5) is 25.9. The van der Waals surface area contributed by atoms with Crippen LogP contribution in [0.2, 0.25) is 0 Å². The molecular formula is C12H17N3O4. The monoisotopic (exact) mass is 267 g/mol. The van der Waals surface area contributed by atoms with Crippen molar-refractivity contribution >= 4 is 17.7 Å². The maximum absolute atomic E-state index is 11.4. The molecule has 7 nitrogen and oxygen atoms in total. The van der Waals surface area contributed by atoms with Gasteiger partial charge in [-0.3, -0.25) is 0 Å². The Bertz CT molecular complexity index is 494. The molecule has 0 bridgehead atoms. The van der Waals surface area contributed by atoms with E-state index in [1.165, 1.54) is 12.3 Å². The Morgan fingerprint density at radius 2 is 2.11 bits per heavy atom. The topological polar surface area (TPSA) is 115 Å². The van der Waals surface area contributed by atoms with Gasteiger partial charge < -0.3 is 20.9 Å². The third-order valence-electron chi connectivity index (χ3n) is 2.01. The number of aromatic carboxylic acids is 1. The normalized spacial score (nSPS) is 10.9. The smallest absolute Gasteiger partial charge is 0.407 e. The predicted octanol–water partition coefficient (Wildman–Crippen LogP) is 1.39. The fourth-order valence-electron chi connectivity index (χ4n) is 1.29. The van der Waals surface area contributed by atoms with Crippen LogP contribution in [0, 0.1) is 0 Å². The van der Waals surface area contributed by atoms with Crippen LogP contribution in [0.15, 0.2) is 12.3 Å². The number of nitrogen functional groups attached to an aromatic ring is 1. The van der Waals surface area contributed by atoms with Crippen LogP contribution in [0.25, 0.3) is 0 Å². The van der Waals surface area contributed by atoms with E-state index < -0.39 is 17.7 Å². The van der Waals surface area contributed by atoms with Gasteiger partial charge in [-0.1, -0.05) is 0 Å². The summed E-state index contributed by atoms with van der Waals surface area (Å²) in [5.41, 5.74) is 5.40. The zero-order valence-electron chi connectivity index (χ0n) is 11.1. The number of aromatic nitrogens is 1. The summed E-state index contributed by atoms with van der Waals surface area (Å²) in [6.45, 7) is 5.43. The highest BCUT2D eigenvalue weighted by Crippen LogP contribution is 2.11. The van der Waals surface area contributed by atoms with Crippen LogP contribution < -0.4 is 11.1 Å². The van der Waals surface area contributed by atoms with Crippen molar-refractivity contribution in [2.75, 3.05) is 5.73 Å². The molecule has 1 aromatic heterocycles. The van der Waals surface area contributed by atoms with E-state index in [1.807, 2.05) is 0 Å². The molecule has 0 saturated carbocycles. The molecule has 0 spiro atoms. The van der Waals surface area contributed by atoms with E-state index in [0.29, 0.717) is 5.56 Å². The van der Waals surface area contributed by atoms with Gasteiger partial charge in [0.1, 0.15) is 5.60 Å². The van der Waals surface area contributed by atoms with E-state index in [9.17, 15) is 9.59 Å². The van der Waals surface area contributed by atoms with E-state index in [0.717, 1.165) is 0 Å². The summed E-state index contributed by atoms with van der Waals surface area (Å²) in [5.74, 6) is -1.19. The Labute approximate surface area is 110 Å². The van der Waals surface area contributed by atoms with E-state index in [1.54, 1.807) is 20.8 Å². The van der Waals surface area contributed by atoms with Crippen molar-refractivity contribution < 1.29 is 19.4 Å². The van der Waals surface area contributed by atoms with Crippen molar-refractivity contribution in [3.8, 4) is 0 Å². The number of nitrogens with two attached hydrogens (primary N) is 1. The zero-order valence-corrected chi connectivity index (χ0v) is 11.1. The molecule has 0 unspecified atom stereocenters. The quantitative estimate of drug-likeness (QED) is 0.762. The summed E-state index contributed by atoms with van der Waals surface area (Å²) in [6, 6.07) is 1.45. The molecule has 0 fully saturated rings. The predicted molar refractivity (Wildman–Crippen MR) is 68.7 cm³/mol. The van der Waals surface area contributed by atoms with E-state index in [-0.39, 0.29) is 17.9 Å². The van der Waals surface area contributed by atoms with Crippen molar-refractivity contribution in [2.24, 2.45) is 0 Å². The molecule has 104 valence electrons. The van der Waals surface area contributed by atoms with Crippen molar-refractivity contribution in [1.82, 2.24) is 10.3 Å². The molecule has 19 heavy (non-hydrogen) atoms. The number of carboxylic acid groups (broad SMARTS) is 1. The first kappa shape index (κ1) is 14.7. The van der Waals surface area contributed by atoms with Crippen molar-refractivity contribution in [3.05, 3.63) is 23.5 Å². The number of anilines is 1. The Morgan fingerprint density at radius 1 is 1.47 bits per heavy atom. The second kappa shape index (κ2) is 5.55. The van der Waals surface area contributed by atoms with E-state index in [2.05, 4.69) is 10.3 Å². The first-order valence-electron chi connectivity index (χ1n) is 5.63. The number of pyridine rings is 1. The molecule has 0 aliphatic carbocycles. The lowest BCUT2D eigenvalue weighted by atomic mass is 10.2. The lowest BCUT2D eigenvalue weighted by Gasteiger charge is -2.19. The highest BCUT2D eigenvalue weighted by atomic mass is 16.6. The molecule has 0 atom stereocenters. The van der Waals surface area contributed by atoms with Crippen molar-refractivity contribution in [3.63, 3.8) is 0 Å². The molecule has 0 radical (unpaired) electrons.